The quantitative estimate of drug-likeness (QED) is 0.702. The number of carbonyl (C=O) groups is 1. The van der Waals surface area contributed by atoms with E-state index in [4.69, 9.17) is 5.73 Å². The maximum atomic E-state index is 12.2. The van der Waals surface area contributed by atoms with E-state index in [1.807, 2.05) is 0 Å². The van der Waals surface area contributed by atoms with Gasteiger partial charge in [0.15, 0.2) is 0 Å². The first-order chi connectivity index (χ1) is 12.5. The van der Waals surface area contributed by atoms with Gasteiger partial charge in [0.2, 0.25) is 0 Å². The highest BCUT2D eigenvalue weighted by Crippen LogP contribution is 2.30. The Morgan fingerprint density at radius 2 is 2.19 bits per heavy atom. The summed E-state index contributed by atoms with van der Waals surface area (Å²) in [6, 6.07) is 6.39. The lowest BCUT2D eigenvalue weighted by atomic mass is 9.98. The standard InChI is InChI=1S/C20H29N5O/c1-14-3-4-18-17(11-14)7-10-25(18)19(21)13-23-15(2)20(26)24-12-16-5-8-22-9-6-16/h3-4,11,13,16,22H,5-10,12,21H2,1-2H3,(H,24,26)/b19-13-,23-15+. The number of nitrogens with two attached hydrogens (primary N) is 1. The summed E-state index contributed by atoms with van der Waals surface area (Å²) in [6.07, 6.45) is 4.79. The van der Waals surface area contributed by atoms with Crippen LogP contribution in [0, 0.1) is 12.8 Å². The van der Waals surface area contributed by atoms with Crippen molar-refractivity contribution in [3.63, 3.8) is 0 Å². The topological polar surface area (TPSA) is 82.8 Å². The molecule has 2 aliphatic heterocycles. The molecule has 0 aliphatic carbocycles. The van der Waals surface area contributed by atoms with Gasteiger partial charge in [0.1, 0.15) is 11.5 Å². The SMILES string of the molecule is C/C(=N\C=C(\N)N1CCc2cc(C)ccc21)C(=O)NCC1CCNCC1. The van der Waals surface area contributed by atoms with E-state index in [0.29, 0.717) is 24.0 Å². The Bertz CT molecular complexity index is 719. The van der Waals surface area contributed by atoms with Crippen molar-refractivity contribution in [3.05, 3.63) is 41.3 Å². The molecule has 140 valence electrons. The maximum absolute atomic E-state index is 12.2. The third-order valence-corrected chi connectivity index (χ3v) is 5.17. The highest BCUT2D eigenvalue weighted by atomic mass is 16.1. The van der Waals surface area contributed by atoms with Gasteiger partial charge >= 0.3 is 0 Å². The fraction of sp³-hybridized carbons (Fsp3) is 0.500. The van der Waals surface area contributed by atoms with Gasteiger partial charge in [-0.05, 0) is 63.7 Å². The zero-order valence-corrected chi connectivity index (χ0v) is 15.7. The van der Waals surface area contributed by atoms with Gasteiger partial charge in [-0.3, -0.25) is 9.79 Å². The van der Waals surface area contributed by atoms with Crippen molar-refractivity contribution in [2.75, 3.05) is 31.1 Å². The van der Waals surface area contributed by atoms with Crippen molar-refractivity contribution in [1.29, 1.82) is 0 Å². The number of aliphatic imine (C=N–C) groups is 1. The minimum atomic E-state index is -0.120. The predicted octanol–water partition coefficient (Wildman–Crippen LogP) is 1.69. The van der Waals surface area contributed by atoms with Crippen molar-refractivity contribution in [2.45, 2.75) is 33.1 Å². The van der Waals surface area contributed by atoms with Crippen LogP contribution < -0.4 is 21.3 Å². The first kappa shape index (κ1) is 18.5. The summed E-state index contributed by atoms with van der Waals surface area (Å²) in [5, 5.41) is 6.32. The van der Waals surface area contributed by atoms with Crippen LogP contribution in [0.2, 0.25) is 0 Å². The highest BCUT2D eigenvalue weighted by Gasteiger charge is 2.20. The van der Waals surface area contributed by atoms with Crippen LogP contribution in [0.3, 0.4) is 0 Å². The van der Waals surface area contributed by atoms with Crippen molar-refractivity contribution < 1.29 is 4.79 Å². The molecule has 0 aromatic heterocycles. The average Bonchev–Trinajstić information content (AvgIpc) is 3.07. The smallest absolute Gasteiger partial charge is 0.265 e. The van der Waals surface area contributed by atoms with Crippen molar-refractivity contribution in [2.24, 2.45) is 16.6 Å². The molecule has 2 aliphatic rings. The van der Waals surface area contributed by atoms with Crippen LogP contribution in [-0.4, -0.2) is 37.8 Å². The second kappa shape index (κ2) is 8.36. The van der Waals surface area contributed by atoms with E-state index in [1.54, 1.807) is 13.1 Å². The average molecular weight is 355 g/mol. The molecule has 0 bridgehead atoms. The molecule has 1 amide bonds. The van der Waals surface area contributed by atoms with E-state index in [1.165, 1.54) is 11.1 Å². The van der Waals surface area contributed by atoms with Crippen molar-refractivity contribution >= 4 is 17.3 Å². The monoisotopic (exact) mass is 355 g/mol. The minimum Gasteiger partial charge on any atom is -0.384 e. The van der Waals surface area contributed by atoms with E-state index in [-0.39, 0.29) is 5.91 Å². The zero-order valence-electron chi connectivity index (χ0n) is 15.7. The summed E-state index contributed by atoms with van der Waals surface area (Å²) >= 11 is 0. The van der Waals surface area contributed by atoms with Crippen molar-refractivity contribution in [3.8, 4) is 0 Å². The molecule has 0 atom stereocenters. The summed E-state index contributed by atoms with van der Waals surface area (Å²) in [5.74, 6) is 1.00. The summed E-state index contributed by atoms with van der Waals surface area (Å²) in [4.78, 5) is 18.6. The molecule has 6 nitrogen and oxygen atoms in total. The van der Waals surface area contributed by atoms with Gasteiger partial charge in [-0.2, -0.15) is 0 Å². The normalized spacial score (nSPS) is 18.8. The van der Waals surface area contributed by atoms with Crippen LogP contribution in [0.25, 0.3) is 0 Å². The number of piperidine rings is 1. The molecule has 1 fully saturated rings. The van der Waals surface area contributed by atoms with Crippen molar-refractivity contribution in [1.82, 2.24) is 10.6 Å². The Kier molecular flexibility index (Phi) is 5.93. The van der Waals surface area contributed by atoms with E-state index < -0.39 is 0 Å². The van der Waals surface area contributed by atoms with Gasteiger partial charge in [-0.25, -0.2) is 0 Å². The summed E-state index contributed by atoms with van der Waals surface area (Å²) < 4.78 is 0. The van der Waals surface area contributed by atoms with Gasteiger partial charge < -0.3 is 21.3 Å². The number of anilines is 1. The Balaban J connectivity index is 1.58. The molecule has 6 heteroatoms. The van der Waals surface area contributed by atoms with Gasteiger partial charge in [-0.1, -0.05) is 17.7 Å². The largest absolute Gasteiger partial charge is 0.384 e. The number of nitrogens with zero attached hydrogens (tertiary/aromatic N) is 2. The fourth-order valence-corrected chi connectivity index (χ4v) is 3.54. The number of amides is 1. The van der Waals surface area contributed by atoms with Crippen LogP contribution in [0.15, 0.2) is 35.2 Å². The fourth-order valence-electron chi connectivity index (χ4n) is 3.54. The number of nitrogens with one attached hydrogen (secondary N) is 2. The predicted molar refractivity (Wildman–Crippen MR) is 106 cm³/mol. The molecular weight excluding hydrogens is 326 g/mol. The third kappa shape index (κ3) is 4.43. The molecule has 0 unspecified atom stereocenters. The highest BCUT2D eigenvalue weighted by molar-refractivity contribution is 6.38. The van der Waals surface area contributed by atoms with Crippen LogP contribution in [-0.2, 0) is 11.2 Å². The number of rotatable bonds is 5. The first-order valence-electron chi connectivity index (χ1n) is 9.40. The van der Waals surface area contributed by atoms with Gasteiger partial charge in [-0.15, -0.1) is 0 Å². The number of benzene rings is 1. The molecule has 1 aromatic carbocycles. The van der Waals surface area contributed by atoms with Crippen LogP contribution in [0.1, 0.15) is 30.9 Å². The van der Waals surface area contributed by atoms with E-state index in [2.05, 4.69) is 45.6 Å². The van der Waals surface area contributed by atoms with E-state index >= 15 is 0 Å². The Hall–Kier alpha value is -2.34. The second-order valence-electron chi connectivity index (χ2n) is 7.21. The molecule has 0 radical (unpaired) electrons. The van der Waals surface area contributed by atoms with Gasteiger partial charge in [0.05, 0.1) is 6.20 Å². The number of hydrogen-bond acceptors (Lipinski definition) is 5. The Morgan fingerprint density at radius 1 is 1.42 bits per heavy atom. The lowest BCUT2D eigenvalue weighted by molar-refractivity contribution is -0.115. The lowest BCUT2D eigenvalue weighted by Crippen LogP contribution is -2.38. The van der Waals surface area contributed by atoms with Crippen LogP contribution in [0.4, 0.5) is 5.69 Å². The lowest BCUT2D eigenvalue weighted by Gasteiger charge is -2.22. The van der Waals surface area contributed by atoms with E-state index in [0.717, 1.165) is 44.6 Å². The zero-order chi connectivity index (χ0) is 18.5. The molecule has 26 heavy (non-hydrogen) atoms. The first-order valence-corrected chi connectivity index (χ1v) is 9.40. The number of aryl methyl sites for hydroxylation is 1. The summed E-state index contributed by atoms with van der Waals surface area (Å²) in [7, 11) is 0. The Labute approximate surface area is 155 Å². The third-order valence-electron chi connectivity index (χ3n) is 5.17. The second-order valence-corrected chi connectivity index (χ2v) is 7.21. The van der Waals surface area contributed by atoms with Gasteiger partial charge in [0, 0.05) is 18.8 Å². The Morgan fingerprint density at radius 3 is 2.96 bits per heavy atom. The van der Waals surface area contributed by atoms with E-state index in [9.17, 15) is 4.79 Å². The number of hydrogen-bond donors (Lipinski definition) is 3. The number of fused-ring (bicyclic) bond motifs is 1. The molecule has 2 heterocycles. The van der Waals surface area contributed by atoms with Crippen LogP contribution in [0.5, 0.6) is 0 Å². The van der Waals surface area contributed by atoms with Crippen LogP contribution >= 0.6 is 0 Å². The number of carbonyl (C=O) groups excluding carboxylic acids is 1. The van der Waals surface area contributed by atoms with Gasteiger partial charge in [0.25, 0.3) is 5.91 Å². The molecule has 1 aromatic rings. The molecule has 1 saturated heterocycles. The minimum absolute atomic E-state index is 0.120. The molecule has 0 saturated carbocycles. The summed E-state index contributed by atoms with van der Waals surface area (Å²) in [6.45, 7) is 7.44. The molecule has 3 rings (SSSR count). The molecule has 4 N–H and O–H groups in total. The molecular formula is C20H29N5O. The summed E-state index contributed by atoms with van der Waals surface area (Å²) in [5.41, 5.74) is 10.3. The maximum Gasteiger partial charge on any atom is 0.265 e. The molecule has 0 spiro atoms.